The summed E-state index contributed by atoms with van der Waals surface area (Å²) in [6.45, 7) is 13.9. The molecule has 0 fully saturated rings. The zero-order chi connectivity index (χ0) is 34.7. The molecule has 0 radical (unpaired) electrons. The van der Waals surface area contributed by atoms with Crippen molar-refractivity contribution >= 4 is 31.6 Å². The molecule has 2 aromatic carbocycles. The van der Waals surface area contributed by atoms with Crippen LogP contribution in [0.5, 0.6) is 17.2 Å². The maximum atomic E-state index is 10.9. The van der Waals surface area contributed by atoms with Gasteiger partial charge in [0.25, 0.3) is 0 Å². The fraction of sp³-hybridized carbons (Fsp3) is 0.625. The van der Waals surface area contributed by atoms with Gasteiger partial charge in [-0.05, 0) is 88.5 Å². The summed E-state index contributed by atoms with van der Waals surface area (Å²) in [6, 6.07) is 9.75. The number of benzene rings is 2. The van der Waals surface area contributed by atoms with E-state index in [-0.39, 0.29) is 94.0 Å². The molecule has 2 aromatic rings. The number of hydrogen-bond donors (Lipinski definition) is 1. The molecule has 0 spiro atoms. The fourth-order valence-corrected chi connectivity index (χ4v) is 7.95. The number of nitrogens with two attached hydrogens (primary N) is 1. The molecule has 2 aliphatic heterocycles. The zero-order valence-electron chi connectivity index (χ0n) is 30.2. The molecular formula is C32H49N3Na2O9S2. The first-order valence-electron chi connectivity index (χ1n) is 15.4. The maximum Gasteiger partial charge on any atom is 1.00 e. The van der Waals surface area contributed by atoms with Crippen molar-refractivity contribution in [1.29, 1.82) is 0 Å². The van der Waals surface area contributed by atoms with Gasteiger partial charge in [0.15, 0.2) is 11.5 Å². The van der Waals surface area contributed by atoms with Gasteiger partial charge < -0.3 is 33.2 Å². The van der Waals surface area contributed by atoms with Gasteiger partial charge in [0.05, 0.1) is 34.5 Å². The van der Waals surface area contributed by atoms with Crippen LogP contribution in [0.25, 0.3) is 0 Å². The van der Waals surface area contributed by atoms with Crippen LogP contribution < -0.4 is 89.1 Å². The SMILES string of the molecule is COc1cc2c(cc1ON)C(C)CC(C)(C)N2CCCS(=O)(=O)[O-].COc1ccc2c(c1)N(CCCS(=O)(=O)[O-])C(C)(C)CC2C.[Na+].[Na+]. The van der Waals surface area contributed by atoms with E-state index in [0.29, 0.717) is 36.9 Å². The first-order valence-corrected chi connectivity index (χ1v) is 18.6. The quantitative estimate of drug-likeness (QED) is 0.165. The Morgan fingerprint density at radius 1 is 0.750 bits per heavy atom. The Kier molecular flexibility index (Phi) is 17.1. The molecule has 2 aliphatic rings. The van der Waals surface area contributed by atoms with Crippen molar-refractivity contribution in [3.63, 3.8) is 0 Å². The molecule has 0 amide bonds. The smallest absolute Gasteiger partial charge is 0.748 e. The van der Waals surface area contributed by atoms with Crippen molar-refractivity contribution < 1.29 is 99.4 Å². The van der Waals surface area contributed by atoms with Crippen molar-refractivity contribution in [3.05, 3.63) is 41.5 Å². The molecular weight excluding hydrogens is 680 g/mol. The van der Waals surface area contributed by atoms with Crippen molar-refractivity contribution in [2.75, 3.05) is 48.6 Å². The molecule has 2 heterocycles. The van der Waals surface area contributed by atoms with Crippen LogP contribution in [-0.2, 0) is 20.2 Å². The Balaban J connectivity index is 0.000000462. The van der Waals surface area contributed by atoms with Gasteiger partial charge in [-0.2, -0.15) is 5.90 Å². The van der Waals surface area contributed by atoms with Crippen LogP contribution in [0.1, 0.15) is 90.2 Å². The largest absolute Gasteiger partial charge is 1.00 e. The Bertz CT molecular complexity index is 1590. The molecule has 16 heteroatoms. The number of fused-ring (bicyclic) bond motifs is 2. The van der Waals surface area contributed by atoms with E-state index in [1.54, 1.807) is 7.11 Å². The second-order valence-electron chi connectivity index (χ2n) is 13.5. The van der Waals surface area contributed by atoms with E-state index in [9.17, 15) is 25.9 Å². The van der Waals surface area contributed by atoms with E-state index < -0.39 is 20.2 Å². The molecule has 0 saturated carbocycles. The van der Waals surface area contributed by atoms with E-state index >= 15 is 0 Å². The van der Waals surface area contributed by atoms with Crippen LogP contribution >= 0.6 is 0 Å². The first kappa shape index (κ1) is 45.2. The van der Waals surface area contributed by atoms with E-state index in [1.807, 2.05) is 24.3 Å². The number of methoxy groups -OCH3 is 2. The number of nitrogens with zero attached hydrogens (tertiary/aromatic N) is 2. The van der Waals surface area contributed by atoms with Gasteiger partial charge in [0.1, 0.15) is 5.75 Å². The van der Waals surface area contributed by atoms with Crippen LogP contribution in [0.4, 0.5) is 11.4 Å². The average molecular weight is 730 g/mol. The first-order chi connectivity index (χ1) is 21.2. The molecule has 260 valence electrons. The minimum Gasteiger partial charge on any atom is -0.748 e. The van der Waals surface area contributed by atoms with Crippen molar-refractivity contribution in [2.45, 2.75) is 90.1 Å². The molecule has 12 nitrogen and oxygen atoms in total. The van der Waals surface area contributed by atoms with Crippen LogP contribution in [-0.4, -0.2) is 75.8 Å². The summed E-state index contributed by atoms with van der Waals surface area (Å²) in [4.78, 5) is 9.24. The third kappa shape index (κ3) is 11.9. The molecule has 48 heavy (non-hydrogen) atoms. The minimum absolute atomic E-state index is 0. The van der Waals surface area contributed by atoms with Gasteiger partial charge in [-0.15, -0.1) is 0 Å². The van der Waals surface area contributed by atoms with Gasteiger partial charge in [-0.25, -0.2) is 16.8 Å². The van der Waals surface area contributed by atoms with E-state index in [1.165, 1.54) is 12.7 Å². The van der Waals surface area contributed by atoms with E-state index in [0.717, 1.165) is 35.5 Å². The summed E-state index contributed by atoms with van der Waals surface area (Å²) in [7, 11) is -5.21. The fourth-order valence-electron chi connectivity index (χ4n) is 6.98. The minimum atomic E-state index is -4.21. The second-order valence-corrected chi connectivity index (χ2v) is 16.5. The van der Waals surface area contributed by atoms with E-state index in [2.05, 4.69) is 57.4 Å². The molecule has 4 rings (SSSR count). The topological polar surface area (TPSA) is 175 Å². The van der Waals surface area contributed by atoms with Gasteiger partial charge in [0, 0.05) is 59.2 Å². The van der Waals surface area contributed by atoms with Crippen molar-refractivity contribution in [2.24, 2.45) is 5.90 Å². The molecule has 2 N–H and O–H groups in total. The number of rotatable bonds is 11. The van der Waals surface area contributed by atoms with Crippen molar-refractivity contribution in [3.8, 4) is 17.2 Å². The van der Waals surface area contributed by atoms with E-state index in [4.69, 9.17) is 20.2 Å². The summed E-state index contributed by atoms with van der Waals surface area (Å²) >= 11 is 0. The monoisotopic (exact) mass is 729 g/mol. The molecule has 0 aliphatic carbocycles. The van der Waals surface area contributed by atoms with Crippen LogP contribution in [0.2, 0.25) is 0 Å². The number of hydrogen-bond acceptors (Lipinski definition) is 12. The van der Waals surface area contributed by atoms with Crippen LogP contribution in [0.3, 0.4) is 0 Å². The zero-order valence-corrected chi connectivity index (χ0v) is 35.8. The third-order valence-corrected chi connectivity index (χ3v) is 10.5. The second kappa shape index (κ2) is 18.1. The number of ether oxygens (including phenoxy) is 2. The number of anilines is 2. The molecule has 0 saturated heterocycles. The normalized spacial score (nSPS) is 19.3. The van der Waals surface area contributed by atoms with Crippen molar-refractivity contribution in [1.82, 2.24) is 0 Å². The summed E-state index contributed by atoms with van der Waals surface area (Å²) in [5, 5.41) is 0. The van der Waals surface area contributed by atoms with Crippen LogP contribution in [0, 0.1) is 0 Å². The predicted octanol–water partition coefficient (Wildman–Crippen LogP) is -1.29. The summed E-state index contributed by atoms with van der Waals surface area (Å²) < 4.78 is 75.8. The molecule has 2 unspecified atom stereocenters. The van der Waals surface area contributed by atoms with Gasteiger partial charge in [-0.3, -0.25) is 0 Å². The summed E-state index contributed by atoms with van der Waals surface area (Å²) in [5.41, 5.74) is 4.08. The van der Waals surface area contributed by atoms with Crippen LogP contribution in [0.15, 0.2) is 30.3 Å². The average Bonchev–Trinajstić information content (AvgIpc) is 2.94. The van der Waals surface area contributed by atoms with Gasteiger partial charge in [0.2, 0.25) is 0 Å². The Morgan fingerprint density at radius 3 is 1.62 bits per heavy atom. The maximum absolute atomic E-state index is 10.9. The summed E-state index contributed by atoms with van der Waals surface area (Å²) in [5.74, 6) is 7.11. The standard InChI is InChI=1S/C16H26N2O5S.C16H25NO4S.2Na/c1-11-10-16(2,3)18(6-5-7-24(19,20)21)13-9-14(22-4)15(23-17)8-12(11)13;1-12-11-16(2,3)17(8-5-9-22(18,19)20)15-10-13(21-4)6-7-14(12)15;;/h8-9,11H,5-7,10,17H2,1-4H3,(H,19,20,21);6-7,10,12H,5,8-9,11H2,1-4H3,(H,18,19,20);;/q;;2*+1/p-2. The third-order valence-electron chi connectivity index (χ3n) is 8.95. The molecule has 2 atom stereocenters. The predicted molar refractivity (Wildman–Crippen MR) is 178 cm³/mol. The summed E-state index contributed by atoms with van der Waals surface area (Å²) in [6.07, 6.45) is 2.48. The van der Waals surface area contributed by atoms with Gasteiger partial charge in [-0.1, -0.05) is 19.9 Å². The van der Waals surface area contributed by atoms with Gasteiger partial charge >= 0.3 is 59.1 Å². The Morgan fingerprint density at radius 2 is 1.21 bits per heavy atom. The molecule has 0 bridgehead atoms. The Labute approximate surface area is 331 Å². The molecule has 0 aromatic heterocycles. The Hall–Kier alpha value is -0.780.